The van der Waals surface area contributed by atoms with Gasteiger partial charge < -0.3 is 5.32 Å². The molecule has 0 fully saturated rings. The van der Waals surface area contributed by atoms with Crippen molar-refractivity contribution in [2.24, 2.45) is 0 Å². The normalized spacial score (nSPS) is 11.1. The molecule has 7 heteroatoms. The van der Waals surface area contributed by atoms with E-state index in [0.29, 0.717) is 16.9 Å². The summed E-state index contributed by atoms with van der Waals surface area (Å²) in [6.07, 6.45) is -4.39. The Morgan fingerprint density at radius 2 is 1.48 bits per heavy atom. The van der Waals surface area contributed by atoms with E-state index in [4.69, 9.17) is 5.21 Å². The predicted octanol–water partition coefficient (Wildman–Crippen LogP) is 5.24. The summed E-state index contributed by atoms with van der Waals surface area (Å²) in [5, 5.41) is 12.0. The van der Waals surface area contributed by atoms with E-state index in [2.05, 4.69) is 5.32 Å². The van der Waals surface area contributed by atoms with Gasteiger partial charge in [0.15, 0.2) is 0 Å². The summed E-state index contributed by atoms with van der Waals surface area (Å²) >= 11 is 0. The molecule has 27 heavy (non-hydrogen) atoms. The van der Waals surface area contributed by atoms with Crippen molar-refractivity contribution in [1.82, 2.24) is 5.48 Å². The number of rotatable bonds is 4. The lowest BCUT2D eigenvalue weighted by atomic mass is 9.98. The number of benzene rings is 3. The lowest BCUT2D eigenvalue weighted by Crippen LogP contribution is -2.19. The summed E-state index contributed by atoms with van der Waals surface area (Å²) in [5.41, 5.74) is 3.54. The molecule has 138 valence electrons. The molecular weight excluding hydrogens is 357 g/mol. The number of hydrogen-bond donors (Lipinski definition) is 3. The third-order valence-corrected chi connectivity index (χ3v) is 3.95. The molecule has 3 aromatic rings. The van der Waals surface area contributed by atoms with Gasteiger partial charge in [0.2, 0.25) is 0 Å². The number of nitrogens with one attached hydrogen (secondary N) is 2. The van der Waals surface area contributed by atoms with Crippen LogP contribution in [0.15, 0.2) is 72.8 Å². The van der Waals surface area contributed by atoms with Crippen LogP contribution in [-0.4, -0.2) is 11.1 Å². The summed E-state index contributed by atoms with van der Waals surface area (Å²) in [4.78, 5) is 11.9. The molecular formula is C20H15F3N2O2. The lowest BCUT2D eigenvalue weighted by Gasteiger charge is -2.13. The van der Waals surface area contributed by atoms with Crippen molar-refractivity contribution in [3.63, 3.8) is 0 Å². The molecule has 3 aromatic carbocycles. The topological polar surface area (TPSA) is 61.4 Å². The van der Waals surface area contributed by atoms with Gasteiger partial charge in [0, 0.05) is 16.9 Å². The van der Waals surface area contributed by atoms with E-state index in [1.54, 1.807) is 17.6 Å². The quantitative estimate of drug-likeness (QED) is 0.434. The fraction of sp³-hybridized carbons (Fsp3) is 0.0500. The van der Waals surface area contributed by atoms with Crippen LogP contribution in [0.4, 0.5) is 24.5 Å². The molecule has 0 spiro atoms. The maximum Gasteiger partial charge on any atom is 0.416 e. The van der Waals surface area contributed by atoms with Crippen LogP contribution in [0.25, 0.3) is 11.1 Å². The van der Waals surface area contributed by atoms with Gasteiger partial charge in [-0.3, -0.25) is 10.0 Å². The van der Waals surface area contributed by atoms with Gasteiger partial charge in [-0.1, -0.05) is 30.3 Å². The highest BCUT2D eigenvalue weighted by atomic mass is 19.4. The van der Waals surface area contributed by atoms with Crippen LogP contribution < -0.4 is 10.8 Å². The Bertz CT molecular complexity index is 940. The Kier molecular flexibility index (Phi) is 5.14. The van der Waals surface area contributed by atoms with Crippen molar-refractivity contribution in [1.29, 1.82) is 0 Å². The molecule has 3 rings (SSSR count). The maximum atomic E-state index is 12.7. The largest absolute Gasteiger partial charge is 0.416 e. The van der Waals surface area contributed by atoms with E-state index in [-0.39, 0.29) is 5.56 Å². The van der Waals surface area contributed by atoms with E-state index < -0.39 is 17.6 Å². The first-order chi connectivity index (χ1) is 12.9. The third kappa shape index (κ3) is 4.27. The van der Waals surface area contributed by atoms with Crippen LogP contribution in [0.5, 0.6) is 0 Å². The summed E-state index contributed by atoms with van der Waals surface area (Å²) in [6, 6.07) is 18.6. The van der Waals surface area contributed by atoms with E-state index in [0.717, 1.165) is 17.7 Å². The molecule has 0 aromatic heterocycles. The molecule has 0 aliphatic rings. The first-order valence-corrected chi connectivity index (χ1v) is 7.96. The number of amides is 1. The Balaban J connectivity index is 1.94. The Morgan fingerprint density at radius 1 is 0.852 bits per heavy atom. The van der Waals surface area contributed by atoms with Crippen LogP contribution in [0, 0.1) is 0 Å². The average Bonchev–Trinajstić information content (AvgIpc) is 2.68. The first-order valence-electron chi connectivity index (χ1n) is 7.96. The van der Waals surface area contributed by atoms with Crippen molar-refractivity contribution in [2.45, 2.75) is 6.18 Å². The van der Waals surface area contributed by atoms with Crippen LogP contribution in [0.2, 0.25) is 0 Å². The molecule has 0 radical (unpaired) electrons. The fourth-order valence-electron chi connectivity index (χ4n) is 2.65. The number of hydrogen-bond acceptors (Lipinski definition) is 3. The molecule has 0 bridgehead atoms. The zero-order valence-electron chi connectivity index (χ0n) is 13.9. The summed E-state index contributed by atoms with van der Waals surface area (Å²) in [7, 11) is 0. The highest BCUT2D eigenvalue weighted by Gasteiger charge is 2.29. The molecule has 0 aliphatic carbocycles. The molecule has 0 saturated heterocycles. The molecule has 0 heterocycles. The molecule has 4 nitrogen and oxygen atoms in total. The number of anilines is 2. The molecule has 0 aliphatic heterocycles. The Morgan fingerprint density at radius 3 is 2.07 bits per heavy atom. The maximum absolute atomic E-state index is 12.7. The highest BCUT2D eigenvalue weighted by molar-refractivity contribution is 6.01. The van der Waals surface area contributed by atoms with Gasteiger partial charge in [0.1, 0.15) is 0 Å². The molecule has 0 atom stereocenters. The van der Waals surface area contributed by atoms with Gasteiger partial charge in [-0.2, -0.15) is 13.2 Å². The monoisotopic (exact) mass is 372 g/mol. The smallest absolute Gasteiger partial charge is 0.356 e. The standard InChI is InChI=1S/C20H15F3N2O2/c21-20(22,23)14-6-8-15(9-7-14)24-16-10-11-17(19(26)25-27)18(12-16)13-4-2-1-3-5-13/h1-12,24,27H,(H,25,26). The van der Waals surface area contributed by atoms with Crippen molar-refractivity contribution in [3.8, 4) is 11.1 Å². The zero-order chi connectivity index (χ0) is 19.4. The second-order valence-electron chi connectivity index (χ2n) is 5.77. The Hall–Kier alpha value is -3.32. The number of halogens is 3. The van der Waals surface area contributed by atoms with E-state index in [1.807, 2.05) is 30.3 Å². The number of alkyl halides is 3. The predicted molar refractivity (Wildman–Crippen MR) is 95.9 cm³/mol. The first kappa shape index (κ1) is 18.5. The summed E-state index contributed by atoms with van der Waals surface area (Å²) < 4.78 is 38.0. The van der Waals surface area contributed by atoms with Gasteiger partial charge in [-0.15, -0.1) is 0 Å². The highest BCUT2D eigenvalue weighted by Crippen LogP contribution is 2.32. The van der Waals surface area contributed by atoms with Crippen molar-refractivity contribution in [3.05, 3.63) is 83.9 Å². The fourth-order valence-corrected chi connectivity index (χ4v) is 2.65. The third-order valence-electron chi connectivity index (χ3n) is 3.95. The Labute approximate surface area is 153 Å². The van der Waals surface area contributed by atoms with Crippen molar-refractivity contribution in [2.75, 3.05) is 5.32 Å². The molecule has 3 N–H and O–H groups in total. The lowest BCUT2D eigenvalue weighted by molar-refractivity contribution is -0.137. The van der Waals surface area contributed by atoms with Crippen LogP contribution in [-0.2, 0) is 6.18 Å². The van der Waals surface area contributed by atoms with Crippen molar-refractivity contribution < 1.29 is 23.2 Å². The minimum atomic E-state index is -4.39. The van der Waals surface area contributed by atoms with E-state index >= 15 is 0 Å². The summed E-state index contributed by atoms with van der Waals surface area (Å²) in [5.74, 6) is -0.657. The van der Waals surface area contributed by atoms with Gasteiger partial charge in [0.05, 0.1) is 5.56 Å². The minimum absolute atomic E-state index is 0.265. The van der Waals surface area contributed by atoms with Gasteiger partial charge in [-0.05, 0) is 53.6 Å². The van der Waals surface area contributed by atoms with Crippen LogP contribution in [0.3, 0.4) is 0 Å². The van der Waals surface area contributed by atoms with Gasteiger partial charge in [-0.25, -0.2) is 5.48 Å². The number of carbonyl (C=O) groups excluding carboxylic acids is 1. The average molecular weight is 372 g/mol. The second kappa shape index (κ2) is 7.51. The summed E-state index contributed by atoms with van der Waals surface area (Å²) in [6.45, 7) is 0. The molecule has 0 unspecified atom stereocenters. The molecule has 0 saturated carbocycles. The minimum Gasteiger partial charge on any atom is -0.356 e. The van der Waals surface area contributed by atoms with E-state index in [1.165, 1.54) is 18.2 Å². The van der Waals surface area contributed by atoms with Crippen LogP contribution in [0.1, 0.15) is 15.9 Å². The van der Waals surface area contributed by atoms with E-state index in [9.17, 15) is 18.0 Å². The molecule has 1 amide bonds. The zero-order valence-corrected chi connectivity index (χ0v) is 13.9. The van der Waals surface area contributed by atoms with Gasteiger partial charge in [0.25, 0.3) is 5.91 Å². The number of carbonyl (C=O) groups is 1. The SMILES string of the molecule is O=C(NO)c1ccc(Nc2ccc(C(F)(F)F)cc2)cc1-c1ccccc1. The second-order valence-corrected chi connectivity index (χ2v) is 5.77. The van der Waals surface area contributed by atoms with Crippen molar-refractivity contribution >= 4 is 17.3 Å². The number of hydroxylamine groups is 1. The van der Waals surface area contributed by atoms with Gasteiger partial charge >= 0.3 is 6.18 Å². The van der Waals surface area contributed by atoms with Crippen LogP contribution >= 0.6 is 0 Å².